The summed E-state index contributed by atoms with van der Waals surface area (Å²) in [6.07, 6.45) is 5.44. The van der Waals surface area contributed by atoms with Crippen LogP contribution in [0.15, 0.2) is 6.20 Å². The highest BCUT2D eigenvalue weighted by Gasteiger charge is 2.19. The van der Waals surface area contributed by atoms with Crippen molar-refractivity contribution in [3.8, 4) is 0 Å². The van der Waals surface area contributed by atoms with Gasteiger partial charge in [0.05, 0.1) is 19.4 Å². The van der Waals surface area contributed by atoms with E-state index in [0.29, 0.717) is 5.65 Å². The van der Waals surface area contributed by atoms with Crippen LogP contribution in [0.25, 0.3) is 11.2 Å². The summed E-state index contributed by atoms with van der Waals surface area (Å²) in [6, 6.07) is 0. The van der Waals surface area contributed by atoms with Crippen LogP contribution in [-0.2, 0) is 4.74 Å². The minimum atomic E-state index is 0.652. The van der Waals surface area contributed by atoms with E-state index in [-0.39, 0.29) is 0 Å². The van der Waals surface area contributed by atoms with Gasteiger partial charge in [-0.25, -0.2) is 9.97 Å². The number of anilines is 3. The molecule has 0 amide bonds. The molecule has 35 heavy (non-hydrogen) atoms. The number of aromatic nitrogens is 4. The Balaban J connectivity index is 1.27. The van der Waals surface area contributed by atoms with Gasteiger partial charge >= 0.3 is 0 Å². The number of piperidine rings is 1. The molecule has 0 radical (unpaired) electrons. The first kappa shape index (κ1) is 24.4. The summed E-state index contributed by atoms with van der Waals surface area (Å²) in [5.74, 6) is 2.31. The van der Waals surface area contributed by atoms with Crippen molar-refractivity contribution in [2.45, 2.75) is 19.3 Å². The number of likely N-dealkylation sites (N-methyl/N-ethyl adjacent to an activating group) is 1. The number of nitrogens with one attached hydrogen (secondary N) is 2. The van der Waals surface area contributed by atoms with E-state index in [4.69, 9.17) is 24.7 Å². The van der Waals surface area contributed by atoms with Crippen LogP contribution < -0.4 is 15.5 Å². The van der Waals surface area contributed by atoms with Gasteiger partial charge in [-0.2, -0.15) is 9.97 Å². The molecule has 0 aliphatic carbocycles. The fourth-order valence-electron chi connectivity index (χ4n) is 4.91. The predicted molar refractivity (Wildman–Crippen MR) is 139 cm³/mol. The highest BCUT2D eigenvalue weighted by Crippen LogP contribution is 2.24. The Bertz CT molecular complexity index is 939. The molecule has 0 unspecified atom stereocenters. The zero-order valence-electron chi connectivity index (χ0n) is 21.1. The van der Waals surface area contributed by atoms with Crippen LogP contribution in [0.1, 0.15) is 19.3 Å². The van der Waals surface area contributed by atoms with Gasteiger partial charge in [-0.15, -0.1) is 0 Å². The third kappa shape index (κ3) is 6.66. The first-order valence-electron chi connectivity index (χ1n) is 13.2. The maximum atomic E-state index is 5.44. The second-order valence-electron chi connectivity index (χ2n) is 9.80. The number of hydrogen-bond acceptors (Lipinski definition) is 11. The van der Waals surface area contributed by atoms with Gasteiger partial charge in [-0.05, 0) is 26.3 Å². The molecule has 11 nitrogen and oxygen atoms in total. The fourth-order valence-corrected chi connectivity index (χ4v) is 4.91. The van der Waals surface area contributed by atoms with E-state index in [0.717, 1.165) is 115 Å². The van der Waals surface area contributed by atoms with Gasteiger partial charge in [-0.3, -0.25) is 9.80 Å². The van der Waals surface area contributed by atoms with Crippen LogP contribution in [0.4, 0.5) is 17.6 Å². The van der Waals surface area contributed by atoms with Crippen molar-refractivity contribution < 1.29 is 4.74 Å². The molecule has 0 bridgehead atoms. The van der Waals surface area contributed by atoms with Gasteiger partial charge in [0.15, 0.2) is 17.0 Å². The molecule has 2 aromatic heterocycles. The summed E-state index contributed by atoms with van der Waals surface area (Å²) in [5, 5.41) is 6.99. The standard InChI is InChI=1S/C24H40N10O/c1-31-11-13-32(14-12-31)10-6-26-22-21-23(30-24(29-22)34-7-3-2-4-8-34)28-20(19-27-21)25-5-9-33-15-17-35-18-16-33/h19H,2-18H2,1H3,(H2,25,26,28,29,30). The number of nitrogens with zero attached hydrogens (tertiary/aromatic N) is 8. The Hall–Kier alpha value is -2.34. The third-order valence-electron chi connectivity index (χ3n) is 7.19. The molecule has 3 fully saturated rings. The lowest BCUT2D eigenvalue weighted by Gasteiger charge is -2.32. The summed E-state index contributed by atoms with van der Waals surface area (Å²) in [7, 11) is 2.19. The lowest BCUT2D eigenvalue weighted by molar-refractivity contribution is 0.0398. The zero-order chi connectivity index (χ0) is 23.9. The molecule has 3 aliphatic heterocycles. The normalized spacial score (nSPS) is 20.9. The van der Waals surface area contributed by atoms with Crippen LogP contribution in [0.2, 0.25) is 0 Å². The Morgan fingerprint density at radius 1 is 0.800 bits per heavy atom. The van der Waals surface area contributed by atoms with Crippen molar-refractivity contribution in [1.29, 1.82) is 0 Å². The van der Waals surface area contributed by atoms with Gasteiger partial charge in [0.1, 0.15) is 5.82 Å². The number of ether oxygens (including phenoxy) is 1. The lowest BCUT2D eigenvalue weighted by Crippen LogP contribution is -2.45. The maximum Gasteiger partial charge on any atom is 0.229 e. The summed E-state index contributed by atoms with van der Waals surface area (Å²) in [5.41, 5.74) is 1.39. The van der Waals surface area contributed by atoms with E-state index in [1.165, 1.54) is 19.3 Å². The van der Waals surface area contributed by atoms with E-state index < -0.39 is 0 Å². The smallest absolute Gasteiger partial charge is 0.229 e. The molecule has 0 atom stereocenters. The average molecular weight is 485 g/mol. The average Bonchev–Trinajstić information content (AvgIpc) is 2.90. The minimum absolute atomic E-state index is 0.652. The van der Waals surface area contributed by atoms with Crippen LogP contribution >= 0.6 is 0 Å². The molecule has 0 saturated carbocycles. The molecule has 2 N–H and O–H groups in total. The van der Waals surface area contributed by atoms with Crippen molar-refractivity contribution in [3.05, 3.63) is 6.20 Å². The first-order valence-corrected chi connectivity index (χ1v) is 13.2. The van der Waals surface area contributed by atoms with E-state index in [9.17, 15) is 0 Å². The quantitative estimate of drug-likeness (QED) is 0.529. The second kappa shape index (κ2) is 12.1. The van der Waals surface area contributed by atoms with Gasteiger partial charge < -0.3 is 25.2 Å². The number of piperazine rings is 1. The third-order valence-corrected chi connectivity index (χ3v) is 7.19. The minimum Gasteiger partial charge on any atom is -0.379 e. The van der Waals surface area contributed by atoms with E-state index in [2.05, 4.69) is 37.3 Å². The van der Waals surface area contributed by atoms with Gasteiger partial charge in [0, 0.05) is 78.5 Å². The molecule has 192 valence electrons. The highest BCUT2D eigenvalue weighted by molar-refractivity contribution is 5.84. The molecule has 11 heteroatoms. The monoisotopic (exact) mass is 484 g/mol. The molecule has 5 rings (SSSR count). The summed E-state index contributed by atoms with van der Waals surface area (Å²) < 4.78 is 5.44. The maximum absolute atomic E-state index is 5.44. The first-order chi connectivity index (χ1) is 17.2. The molecule has 5 heterocycles. The summed E-state index contributed by atoms with van der Waals surface area (Å²) in [4.78, 5) is 28.9. The molecular weight excluding hydrogens is 444 g/mol. The predicted octanol–water partition coefficient (Wildman–Crippen LogP) is 0.814. The Morgan fingerprint density at radius 3 is 2.29 bits per heavy atom. The summed E-state index contributed by atoms with van der Waals surface area (Å²) in [6.45, 7) is 13.7. The Morgan fingerprint density at radius 2 is 1.51 bits per heavy atom. The van der Waals surface area contributed by atoms with Crippen molar-refractivity contribution in [2.75, 3.05) is 114 Å². The number of hydrogen-bond donors (Lipinski definition) is 2. The Labute approximate surface area is 208 Å². The number of rotatable bonds is 9. The Kier molecular flexibility index (Phi) is 8.40. The van der Waals surface area contributed by atoms with Gasteiger partial charge in [0.25, 0.3) is 0 Å². The number of morpholine rings is 1. The van der Waals surface area contributed by atoms with Crippen LogP contribution in [0.5, 0.6) is 0 Å². The van der Waals surface area contributed by atoms with Crippen LogP contribution in [0, 0.1) is 0 Å². The van der Waals surface area contributed by atoms with Crippen LogP contribution in [-0.4, -0.2) is 133 Å². The fraction of sp³-hybridized carbons (Fsp3) is 0.750. The van der Waals surface area contributed by atoms with E-state index in [1.807, 2.05) is 0 Å². The largest absolute Gasteiger partial charge is 0.379 e. The van der Waals surface area contributed by atoms with Crippen molar-refractivity contribution in [2.24, 2.45) is 0 Å². The molecular formula is C24H40N10O. The summed E-state index contributed by atoms with van der Waals surface area (Å²) >= 11 is 0. The highest BCUT2D eigenvalue weighted by atomic mass is 16.5. The molecule has 0 aromatic carbocycles. The SMILES string of the molecule is CN1CCN(CCNc2nc(N3CCCCC3)nc3nc(NCCN4CCOCC4)cnc23)CC1. The molecule has 2 aromatic rings. The molecule has 0 spiro atoms. The van der Waals surface area contributed by atoms with Gasteiger partial charge in [0.2, 0.25) is 5.95 Å². The second-order valence-corrected chi connectivity index (χ2v) is 9.80. The van der Waals surface area contributed by atoms with E-state index >= 15 is 0 Å². The number of fused-ring (bicyclic) bond motifs is 1. The topological polar surface area (TPSA) is 97.8 Å². The zero-order valence-corrected chi connectivity index (χ0v) is 21.1. The molecule has 3 saturated heterocycles. The van der Waals surface area contributed by atoms with Crippen molar-refractivity contribution in [1.82, 2.24) is 34.6 Å². The molecule has 3 aliphatic rings. The van der Waals surface area contributed by atoms with Crippen molar-refractivity contribution in [3.63, 3.8) is 0 Å². The lowest BCUT2D eigenvalue weighted by atomic mass is 10.1. The van der Waals surface area contributed by atoms with E-state index in [1.54, 1.807) is 6.20 Å². The van der Waals surface area contributed by atoms with Crippen molar-refractivity contribution >= 4 is 28.7 Å². The van der Waals surface area contributed by atoms with Gasteiger partial charge in [-0.1, -0.05) is 0 Å². The van der Waals surface area contributed by atoms with Crippen LogP contribution in [0.3, 0.4) is 0 Å².